The van der Waals surface area contributed by atoms with Crippen LogP contribution in [0, 0.1) is 6.92 Å². The van der Waals surface area contributed by atoms with Crippen LogP contribution in [0.4, 0.5) is 0 Å². The predicted molar refractivity (Wildman–Crippen MR) is 106 cm³/mol. The number of rotatable bonds is 9. The lowest BCUT2D eigenvalue weighted by Gasteiger charge is -2.19. The Kier molecular flexibility index (Phi) is 7.59. The number of nitrogens with two attached hydrogens (primary N) is 1. The van der Waals surface area contributed by atoms with Crippen LogP contribution in [0.3, 0.4) is 0 Å². The largest absolute Gasteiger partial charge is 0.493 e. The molecule has 0 fully saturated rings. The summed E-state index contributed by atoms with van der Waals surface area (Å²) in [5.74, 6) is -0.910. The van der Waals surface area contributed by atoms with E-state index >= 15 is 0 Å². The predicted octanol–water partition coefficient (Wildman–Crippen LogP) is 1.90. The normalized spacial score (nSPS) is 11.3. The summed E-state index contributed by atoms with van der Waals surface area (Å²) >= 11 is 0. The molecule has 0 aliphatic carbocycles. The zero-order valence-electron chi connectivity index (χ0n) is 16.6. The Hall–Kier alpha value is -3.55. The first kappa shape index (κ1) is 21.7. The first-order chi connectivity index (χ1) is 13.8. The van der Waals surface area contributed by atoms with E-state index in [0.29, 0.717) is 5.56 Å². The number of benzene rings is 2. The maximum absolute atomic E-state index is 12.8. The van der Waals surface area contributed by atoms with Gasteiger partial charge in [-0.05, 0) is 30.7 Å². The molecule has 2 aromatic carbocycles. The molecule has 0 heterocycles. The number of primary amides is 1. The molecule has 0 saturated heterocycles. The molecule has 0 aliphatic heterocycles. The van der Waals surface area contributed by atoms with Crippen molar-refractivity contribution in [2.45, 2.75) is 19.4 Å². The van der Waals surface area contributed by atoms with Gasteiger partial charge < -0.3 is 25.3 Å². The summed E-state index contributed by atoms with van der Waals surface area (Å²) < 4.78 is 15.2. The summed E-state index contributed by atoms with van der Waals surface area (Å²) in [6.07, 6.45) is -0.0117. The van der Waals surface area contributed by atoms with Crippen LogP contribution in [-0.2, 0) is 14.3 Å². The van der Waals surface area contributed by atoms with E-state index in [2.05, 4.69) is 5.32 Å². The van der Waals surface area contributed by atoms with Crippen molar-refractivity contribution < 1.29 is 28.6 Å². The molecule has 0 bridgehead atoms. The maximum atomic E-state index is 12.8. The molecule has 8 nitrogen and oxygen atoms in total. The van der Waals surface area contributed by atoms with Crippen LogP contribution in [0.1, 0.15) is 33.9 Å². The number of aryl methyl sites for hydroxylation is 1. The standard InChI is InChI=1S/C21H24N2O6/c1-13-4-6-14(7-5-13)16(11-20(25)28-3)23-21(26)15-8-9-17(18(10-15)27-2)29-12-19(22)24/h4-10,16H,11-12H2,1-3H3,(H2,22,24)(H,23,26)/t16-/m0/s1. The van der Waals surface area contributed by atoms with Gasteiger partial charge in [0, 0.05) is 5.56 Å². The third-order valence-electron chi connectivity index (χ3n) is 4.18. The monoisotopic (exact) mass is 400 g/mol. The minimum Gasteiger partial charge on any atom is -0.493 e. The lowest BCUT2D eigenvalue weighted by Crippen LogP contribution is -2.30. The van der Waals surface area contributed by atoms with E-state index in [1.165, 1.54) is 32.4 Å². The average Bonchev–Trinajstić information content (AvgIpc) is 2.71. The Morgan fingerprint density at radius 3 is 2.31 bits per heavy atom. The van der Waals surface area contributed by atoms with Crippen molar-refractivity contribution in [2.75, 3.05) is 20.8 Å². The number of carbonyl (C=O) groups is 3. The quantitative estimate of drug-likeness (QED) is 0.621. The Bertz CT molecular complexity index is 879. The van der Waals surface area contributed by atoms with E-state index in [4.69, 9.17) is 19.9 Å². The van der Waals surface area contributed by atoms with E-state index < -0.39 is 23.8 Å². The summed E-state index contributed by atoms with van der Waals surface area (Å²) in [6.45, 7) is 1.64. The van der Waals surface area contributed by atoms with Gasteiger partial charge in [0.2, 0.25) is 0 Å². The molecular formula is C21H24N2O6. The molecule has 0 saturated carbocycles. The number of hydrogen-bond acceptors (Lipinski definition) is 6. The first-order valence-electron chi connectivity index (χ1n) is 8.87. The van der Waals surface area contributed by atoms with Crippen molar-refractivity contribution in [3.05, 3.63) is 59.2 Å². The lowest BCUT2D eigenvalue weighted by atomic mass is 10.0. The number of esters is 1. The van der Waals surface area contributed by atoms with Crippen molar-refractivity contribution in [3.8, 4) is 11.5 Å². The second kappa shape index (κ2) is 10.1. The van der Waals surface area contributed by atoms with Crippen LogP contribution in [0.15, 0.2) is 42.5 Å². The highest BCUT2D eigenvalue weighted by Crippen LogP contribution is 2.28. The molecule has 0 aromatic heterocycles. The summed E-state index contributed by atoms with van der Waals surface area (Å²) in [4.78, 5) is 35.5. The number of methoxy groups -OCH3 is 2. The minimum atomic E-state index is -0.627. The fraction of sp³-hybridized carbons (Fsp3) is 0.286. The van der Waals surface area contributed by atoms with Gasteiger partial charge in [0.15, 0.2) is 18.1 Å². The highest BCUT2D eigenvalue weighted by Gasteiger charge is 2.21. The molecule has 0 aliphatic rings. The number of nitrogens with one attached hydrogen (secondary N) is 1. The number of amides is 2. The van der Waals surface area contributed by atoms with Gasteiger partial charge in [0.25, 0.3) is 11.8 Å². The van der Waals surface area contributed by atoms with E-state index in [1.807, 2.05) is 31.2 Å². The summed E-state index contributed by atoms with van der Waals surface area (Å²) in [5.41, 5.74) is 7.22. The van der Waals surface area contributed by atoms with E-state index in [0.717, 1.165) is 11.1 Å². The lowest BCUT2D eigenvalue weighted by molar-refractivity contribution is -0.141. The first-order valence-corrected chi connectivity index (χ1v) is 8.87. The van der Waals surface area contributed by atoms with Gasteiger partial charge in [0.1, 0.15) is 0 Å². The van der Waals surface area contributed by atoms with Gasteiger partial charge in [-0.25, -0.2) is 0 Å². The van der Waals surface area contributed by atoms with Crippen LogP contribution < -0.4 is 20.5 Å². The molecule has 0 radical (unpaired) electrons. The van der Waals surface area contributed by atoms with Crippen molar-refractivity contribution >= 4 is 17.8 Å². The Morgan fingerprint density at radius 1 is 1.03 bits per heavy atom. The van der Waals surface area contributed by atoms with Crippen molar-refractivity contribution in [2.24, 2.45) is 5.73 Å². The van der Waals surface area contributed by atoms with Crippen LogP contribution in [-0.4, -0.2) is 38.6 Å². The van der Waals surface area contributed by atoms with Gasteiger partial charge in [-0.1, -0.05) is 29.8 Å². The molecule has 8 heteroatoms. The second-order valence-corrected chi connectivity index (χ2v) is 6.34. The Morgan fingerprint density at radius 2 is 1.72 bits per heavy atom. The molecular weight excluding hydrogens is 376 g/mol. The average molecular weight is 400 g/mol. The highest BCUT2D eigenvalue weighted by molar-refractivity contribution is 5.95. The Labute approximate surface area is 168 Å². The van der Waals surface area contributed by atoms with Crippen molar-refractivity contribution in [1.82, 2.24) is 5.32 Å². The summed E-state index contributed by atoms with van der Waals surface area (Å²) in [5, 5.41) is 2.85. The van der Waals surface area contributed by atoms with E-state index in [-0.39, 0.29) is 24.5 Å². The third kappa shape index (κ3) is 6.24. The minimum absolute atomic E-state index is 0.0117. The molecule has 0 unspecified atom stereocenters. The summed E-state index contributed by atoms with van der Waals surface area (Å²) in [7, 11) is 2.71. The second-order valence-electron chi connectivity index (χ2n) is 6.34. The van der Waals surface area contributed by atoms with Crippen LogP contribution in [0.25, 0.3) is 0 Å². The van der Waals surface area contributed by atoms with Crippen LogP contribution in [0.5, 0.6) is 11.5 Å². The zero-order chi connectivity index (χ0) is 21.4. The molecule has 2 amide bonds. The van der Waals surface area contributed by atoms with Crippen molar-refractivity contribution in [3.63, 3.8) is 0 Å². The Balaban J connectivity index is 2.22. The van der Waals surface area contributed by atoms with Gasteiger partial charge >= 0.3 is 5.97 Å². The van der Waals surface area contributed by atoms with Gasteiger partial charge in [0.05, 0.1) is 26.7 Å². The zero-order valence-corrected chi connectivity index (χ0v) is 16.6. The molecule has 3 N–H and O–H groups in total. The fourth-order valence-corrected chi connectivity index (χ4v) is 2.62. The van der Waals surface area contributed by atoms with Gasteiger partial charge in [-0.3, -0.25) is 14.4 Å². The van der Waals surface area contributed by atoms with Gasteiger partial charge in [-0.15, -0.1) is 0 Å². The molecule has 0 spiro atoms. The topological polar surface area (TPSA) is 117 Å². The SMILES string of the molecule is COC(=O)C[C@H](NC(=O)c1ccc(OCC(N)=O)c(OC)c1)c1ccc(C)cc1. The van der Waals surface area contributed by atoms with Gasteiger partial charge in [-0.2, -0.15) is 0 Å². The number of ether oxygens (including phenoxy) is 3. The molecule has 2 rings (SSSR count). The number of hydrogen-bond donors (Lipinski definition) is 2. The van der Waals surface area contributed by atoms with Crippen LogP contribution >= 0.6 is 0 Å². The molecule has 154 valence electrons. The third-order valence-corrected chi connectivity index (χ3v) is 4.18. The molecule has 1 atom stereocenters. The molecule has 2 aromatic rings. The van der Waals surface area contributed by atoms with Crippen LogP contribution in [0.2, 0.25) is 0 Å². The van der Waals surface area contributed by atoms with E-state index in [9.17, 15) is 14.4 Å². The highest BCUT2D eigenvalue weighted by atomic mass is 16.5. The number of carbonyl (C=O) groups excluding carboxylic acids is 3. The molecule has 29 heavy (non-hydrogen) atoms. The van der Waals surface area contributed by atoms with E-state index in [1.54, 1.807) is 0 Å². The fourth-order valence-electron chi connectivity index (χ4n) is 2.62. The smallest absolute Gasteiger partial charge is 0.307 e. The van der Waals surface area contributed by atoms with Crippen molar-refractivity contribution in [1.29, 1.82) is 0 Å². The summed E-state index contributed by atoms with van der Waals surface area (Å²) in [6, 6.07) is 11.5. The maximum Gasteiger partial charge on any atom is 0.307 e.